The first kappa shape index (κ1) is 19.3. The van der Waals surface area contributed by atoms with Crippen molar-refractivity contribution in [3.05, 3.63) is 30.4 Å². The molecule has 0 bridgehead atoms. The number of aryl methyl sites for hydroxylation is 2. The maximum Gasteiger partial charge on any atom is 0.231 e. The van der Waals surface area contributed by atoms with E-state index in [4.69, 9.17) is 14.5 Å². The van der Waals surface area contributed by atoms with E-state index >= 15 is 0 Å². The first-order valence-corrected chi connectivity index (χ1v) is 11.4. The Morgan fingerprint density at radius 3 is 2.97 bits per heavy atom. The maximum atomic E-state index is 13.0. The van der Waals surface area contributed by atoms with E-state index in [1.165, 1.54) is 6.42 Å². The lowest BCUT2D eigenvalue weighted by atomic mass is 9.97. The minimum absolute atomic E-state index is 0.0134. The third-order valence-electron chi connectivity index (χ3n) is 6.61. The normalized spacial score (nSPS) is 20.1. The van der Waals surface area contributed by atoms with Crippen molar-refractivity contribution in [2.45, 2.75) is 45.1 Å². The summed E-state index contributed by atoms with van der Waals surface area (Å²) in [5.41, 5.74) is 2.50. The summed E-state index contributed by atoms with van der Waals surface area (Å²) >= 11 is 0. The summed E-state index contributed by atoms with van der Waals surface area (Å²) < 4.78 is 13.0. The van der Waals surface area contributed by atoms with Crippen LogP contribution in [0.3, 0.4) is 0 Å². The molecule has 1 atom stereocenters. The van der Waals surface area contributed by atoms with E-state index in [1.807, 2.05) is 18.2 Å². The molecule has 3 aliphatic heterocycles. The van der Waals surface area contributed by atoms with Gasteiger partial charge in [-0.25, -0.2) is 15.0 Å². The van der Waals surface area contributed by atoms with E-state index in [9.17, 15) is 4.79 Å². The molecule has 9 heteroatoms. The number of carbonyl (C=O) groups excluding carboxylic acids is 1. The van der Waals surface area contributed by atoms with E-state index in [1.54, 1.807) is 6.33 Å². The van der Waals surface area contributed by atoms with Crippen LogP contribution < -0.4 is 19.7 Å². The second-order valence-electron chi connectivity index (χ2n) is 8.70. The molecule has 3 aliphatic rings. The van der Waals surface area contributed by atoms with E-state index in [-0.39, 0.29) is 18.6 Å². The van der Waals surface area contributed by atoms with Crippen molar-refractivity contribution >= 4 is 28.6 Å². The molecule has 2 aromatic heterocycles. The monoisotopic (exact) mass is 434 g/mol. The van der Waals surface area contributed by atoms with Crippen molar-refractivity contribution in [3.8, 4) is 11.5 Å². The number of rotatable bonds is 3. The SMILES string of the molecule is O=C(Nc1ccc2c(c1)OCO2)[C@@H]1CCCN(c2ncnc3c2nc2n3CCCCC2)C1. The molecule has 166 valence electrons. The highest BCUT2D eigenvalue weighted by Gasteiger charge is 2.29. The van der Waals surface area contributed by atoms with Gasteiger partial charge in [0.25, 0.3) is 0 Å². The van der Waals surface area contributed by atoms with Gasteiger partial charge in [-0.2, -0.15) is 0 Å². The van der Waals surface area contributed by atoms with Gasteiger partial charge >= 0.3 is 0 Å². The van der Waals surface area contributed by atoms with Gasteiger partial charge in [-0.05, 0) is 37.8 Å². The number of piperidine rings is 1. The van der Waals surface area contributed by atoms with Gasteiger partial charge in [0.05, 0.1) is 5.92 Å². The Labute approximate surface area is 185 Å². The molecule has 9 nitrogen and oxygen atoms in total. The molecule has 1 amide bonds. The first-order chi connectivity index (χ1) is 15.8. The van der Waals surface area contributed by atoms with E-state index in [0.29, 0.717) is 18.0 Å². The van der Waals surface area contributed by atoms with Crippen LogP contribution >= 0.6 is 0 Å². The second-order valence-corrected chi connectivity index (χ2v) is 8.70. The van der Waals surface area contributed by atoms with Crippen LogP contribution in [0.4, 0.5) is 11.5 Å². The van der Waals surface area contributed by atoms with Gasteiger partial charge in [0.2, 0.25) is 12.7 Å². The van der Waals surface area contributed by atoms with Gasteiger partial charge in [-0.3, -0.25) is 4.79 Å². The number of nitrogens with one attached hydrogen (secondary N) is 1. The molecule has 3 aromatic rings. The first-order valence-electron chi connectivity index (χ1n) is 11.4. The third-order valence-corrected chi connectivity index (χ3v) is 6.61. The predicted octanol–water partition coefficient (Wildman–Crippen LogP) is 3.14. The molecule has 0 unspecified atom stereocenters. The third kappa shape index (κ3) is 3.41. The lowest BCUT2D eigenvalue weighted by Crippen LogP contribution is -2.41. The minimum atomic E-state index is -0.125. The minimum Gasteiger partial charge on any atom is -0.454 e. The standard InChI is InChI=1S/C23H26N6O3/c30-23(26-16-7-8-17-18(11-16)32-14-31-17)15-5-4-9-28(12-15)21-20-22(25-13-24-21)29-10-3-1-2-6-19(29)27-20/h7-8,11,13,15H,1-6,9-10,12,14H2,(H,26,30)/t15-/m1/s1. The molecular formula is C23H26N6O3. The highest BCUT2D eigenvalue weighted by Crippen LogP contribution is 2.35. The van der Waals surface area contributed by atoms with Crippen LogP contribution in [0.15, 0.2) is 24.5 Å². The molecule has 0 aliphatic carbocycles. The summed E-state index contributed by atoms with van der Waals surface area (Å²) in [6.07, 6.45) is 7.94. The Balaban J connectivity index is 1.22. The number of imidazole rings is 1. The molecule has 0 radical (unpaired) electrons. The molecule has 1 fully saturated rings. The quantitative estimate of drug-likeness (QED) is 0.677. The van der Waals surface area contributed by atoms with Crippen molar-refractivity contribution in [2.24, 2.45) is 5.92 Å². The van der Waals surface area contributed by atoms with Crippen LogP contribution in [0, 0.1) is 5.92 Å². The molecule has 1 aromatic carbocycles. The number of anilines is 2. The van der Waals surface area contributed by atoms with Gasteiger partial charge in [0.15, 0.2) is 28.5 Å². The number of fused-ring (bicyclic) bond motifs is 4. The molecule has 1 saturated heterocycles. The molecule has 6 rings (SSSR count). The van der Waals surface area contributed by atoms with E-state index < -0.39 is 0 Å². The average molecular weight is 435 g/mol. The predicted molar refractivity (Wildman–Crippen MR) is 119 cm³/mol. The van der Waals surface area contributed by atoms with Crippen LogP contribution in [0.25, 0.3) is 11.2 Å². The highest BCUT2D eigenvalue weighted by atomic mass is 16.7. The molecule has 0 saturated carbocycles. The van der Waals surface area contributed by atoms with Crippen LogP contribution in [0.1, 0.15) is 37.9 Å². The number of hydrogen-bond acceptors (Lipinski definition) is 7. The Bertz CT molecular complexity index is 1180. The molecule has 0 spiro atoms. The van der Waals surface area contributed by atoms with Crippen molar-refractivity contribution in [1.29, 1.82) is 0 Å². The number of ether oxygens (including phenoxy) is 2. The maximum absolute atomic E-state index is 13.0. The van der Waals surface area contributed by atoms with Crippen LogP contribution in [-0.4, -0.2) is 45.3 Å². The zero-order valence-corrected chi connectivity index (χ0v) is 17.9. The lowest BCUT2D eigenvalue weighted by molar-refractivity contribution is -0.120. The van der Waals surface area contributed by atoms with Crippen molar-refractivity contribution < 1.29 is 14.3 Å². The average Bonchev–Trinajstić information content (AvgIpc) is 3.36. The molecular weight excluding hydrogens is 408 g/mol. The molecule has 1 N–H and O–H groups in total. The Hall–Kier alpha value is -3.36. The second kappa shape index (κ2) is 7.96. The summed E-state index contributed by atoms with van der Waals surface area (Å²) in [7, 11) is 0. The zero-order chi connectivity index (χ0) is 21.5. The van der Waals surface area contributed by atoms with Crippen molar-refractivity contribution in [3.63, 3.8) is 0 Å². The summed E-state index contributed by atoms with van der Waals surface area (Å²) in [6, 6.07) is 5.48. The number of benzene rings is 1. The number of carbonyl (C=O) groups is 1. The summed E-state index contributed by atoms with van der Waals surface area (Å²) in [4.78, 5) is 29.3. The largest absolute Gasteiger partial charge is 0.454 e. The van der Waals surface area contributed by atoms with Crippen LogP contribution in [0.5, 0.6) is 11.5 Å². The van der Waals surface area contributed by atoms with Crippen molar-refractivity contribution in [1.82, 2.24) is 19.5 Å². The molecule has 5 heterocycles. The van der Waals surface area contributed by atoms with E-state index in [0.717, 1.165) is 73.7 Å². The van der Waals surface area contributed by atoms with Gasteiger partial charge < -0.3 is 24.3 Å². The van der Waals surface area contributed by atoms with Gasteiger partial charge in [0, 0.05) is 37.8 Å². The number of hydrogen-bond donors (Lipinski definition) is 1. The lowest BCUT2D eigenvalue weighted by Gasteiger charge is -2.32. The van der Waals surface area contributed by atoms with Gasteiger partial charge in [0.1, 0.15) is 12.2 Å². The Morgan fingerprint density at radius 2 is 2.00 bits per heavy atom. The molecule has 32 heavy (non-hydrogen) atoms. The van der Waals surface area contributed by atoms with Crippen molar-refractivity contribution in [2.75, 3.05) is 30.1 Å². The summed E-state index contributed by atoms with van der Waals surface area (Å²) in [5, 5.41) is 3.04. The smallest absolute Gasteiger partial charge is 0.231 e. The Kier molecular flexibility index (Phi) is 4.81. The fourth-order valence-corrected chi connectivity index (χ4v) is 4.96. The fourth-order valence-electron chi connectivity index (χ4n) is 4.96. The number of nitrogens with zero attached hydrogens (tertiary/aromatic N) is 5. The summed E-state index contributed by atoms with van der Waals surface area (Å²) in [5.74, 6) is 3.21. The highest BCUT2D eigenvalue weighted by molar-refractivity contribution is 5.93. The number of amides is 1. The van der Waals surface area contributed by atoms with Gasteiger partial charge in [-0.15, -0.1) is 0 Å². The van der Waals surface area contributed by atoms with Crippen LogP contribution in [0.2, 0.25) is 0 Å². The Morgan fingerprint density at radius 1 is 1.06 bits per heavy atom. The fraction of sp³-hybridized carbons (Fsp3) is 0.478. The zero-order valence-electron chi connectivity index (χ0n) is 17.9. The number of aromatic nitrogens is 4. The van der Waals surface area contributed by atoms with Crippen LogP contribution in [-0.2, 0) is 17.8 Å². The van der Waals surface area contributed by atoms with Gasteiger partial charge in [-0.1, -0.05) is 6.42 Å². The summed E-state index contributed by atoms with van der Waals surface area (Å²) in [6.45, 7) is 2.66. The van der Waals surface area contributed by atoms with E-state index in [2.05, 4.69) is 24.8 Å². The topological polar surface area (TPSA) is 94.4 Å².